The second kappa shape index (κ2) is 4.41. The normalized spacial score (nSPS) is 12.4. The van der Waals surface area contributed by atoms with Gasteiger partial charge in [0.1, 0.15) is 0 Å². The number of hydrogen-bond acceptors (Lipinski definition) is 3. The van der Waals surface area contributed by atoms with E-state index in [1.54, 1.807) is 11.3 Å². The Morgan fingerprint density at radius 2 is 2.14 bits per heavy atom. The second-order valence-electron chi connectivity index (χ2n) is 4.38. The minimum Gasteiger partial charge on any atom is -0.307 e. The maximum Gasteiger partial charge on any atom is 0.0954 e. The summed E-state index contributed by atoms with van der Waals surface area (Å²) in [5, 5.41) is 6.83. The molecule has 80 valence electrons. The molecule has 0 aliphatic heterocycles. The zero-order chi connectivity index (χ0) is 10.8. The summed E-state index contributed by atoms with van der Waals surface area (Å²) >= 11 is 1.76. The van der Waals surface area contributed by atoms with Crippen LogP contribution in [-0.2, 0) is 5.54 Å². The van der Waals surface area contributed by atoms with Crippen LogP contribution < -0.4 is 5.32 Å². The van der Waals surface area contributed by atoms with Gasteiger partial charge in [0, 0.05) is 11.3 Å². The largest absolute Gasteiger partial charge is 0.307 e. The van der Waals surface area contributed by atoms with Crippen LogP contribution in [0, 0.1) is 0 Å². The fraction of sp³-hybridized carbons (Fsp3) is 0.727. The summed E-state index contributed by atoms with van der Waals surface area (Å²) in [4.78, 5) is 4.66. The quantitative estimate of drug-likeness (QED) is 0.829. The van der Waals surface area contributed by atoms with E-state index in [-0.39, 0.29) is 5.54 Å². The fourth-order valence-electron chi connectivity index (χ4n) is 1.37. The summed E-state index contributed by atoms with van der Waals surface area (Å²) in [5.74, 6) is 0.533. The Hall–Kier alpha value is -0.410. The van der Waals surface area contributed by atoms with E-state index in [4.69, 9.17) is 0 Å². The molecule has 0 atom stereocenters. The molecular weight excluding hydrogens is 192 g/mol. The second-order valence-corrected chi connectivity index (χ2v) is 5.27. The van der Waals surface area contributed by atoms with E-state index < -0.39 is 0 Å². The topological polar surface area (TPSA) is 24.9 Å². The Bertz CT molecular complexity index is 289. The van der Waals surface area contributed by atoms with Gasteiger partial charge in [-0.25, -0.2) is 4.98 Å². The standard InChI is InChI=1S/C11H20N2S/c1-6-12-11(4,5)9-7-14-10(13-9)8(2)3/h7-8,12H,6H2,1-5H3. The van der Waals surface area contributed by atoms with Crippen LogP contribution in [0.15, 0.2) is 5.38 Å². The van der Waals surface area contributed by atoms with Crippen molar-refractivity contribution in [1.29, 1.82) is 0 Å². The van der Waals surface area contributed by atoms with Crippen LogP contribution in [0.1, 0.15) is 51.2 Å². The highest BCUT2D eigenvalue weighted by Gasteiger charge is 2.22. The molecule has 1 N–H and O–H groups in total. The summed E-state index contributed by atoms with van der Waals surface area (Å²) in [6.45, 7) is 11.8. The Kier molecular flexibility index (Phi) is 3.67. The van der Waals surface area contributed by atoms with Crippen molar-refractivity contribution < 1.29 is 0 Å². The third kappa shape index (κ3) is 2.55. The Balaban J connectivity index is 2.85. The maximum absolute atomic E-state index is 4.66. The van der Waals surface area contributed by atoms with E-state index in [1.807, 2.05) is 0 Å². The number of thiazole rings is 1. The van der Waals surface area contributed by atoms with Gasteiger partial charge in [-0.1, -0.05) is 20.8 Å². The highest BCUT2D eigenvalue weighted by atomic mass is 32.1. The molecule has 0 amide bonds. The van der Waals surface area contributed by atoms with Crippen LogP contribution in [0.25, 0.3) is 0 Å². The molecule has 0 aromatic carbocycles. The van der Waals surface area contributed by atoms with Gasteiger partial charge < -0.3 is 5.32 Å². The lowest BCUT2D eigenvalue weighted by Gasteiger charge is -2.23. The van der Waals surface area contributed by atoms with Crippen molar-refractivity contribution in [2.24, 2.45) is 0 Å². The van der Waals surface area contributed by atoms with Crippen LogP contribution in [0.2, 0.25) is 0 Å². The first-order valence-corrected chi connectivity index (χ1v) is 6.06. The van der Waals surface area contributed by atoms with E-state index in [0.29, 0.717) is 5.92 Å². The lowest BCUT2D eigenvalue weighted by atomic mass is 10.0. The first-order chi connectivity index (χ1) is 6.47. The smallest absolute Gasteiger partial charge is 0.0954 e. The summed E-state index contributed by atoms with van der Waals surface area (Å²) in [5.41, 5.74) is 1.16. The number of hydrogen-bond donors (Lipinski definition) is 1. The van der Waals surface area contributed by atoms with Crippen molar-refractivity contribution in [1.82, 2.24) is 10.3 Å². The number of nitrogens with one attached hydrogen (secondary N) is 1. The van der Waals surface area contributed by atoms with Crippen molar-refractivity contribution in [2.75, 3.05) is 6.54 Å². The summed E-state index contributed by atoms with van der Waals surface area (Å²) < 4.78 is 0. The molecule has 0 unspecified atom stereocenters. The molecule has 0 fully saturated rings. The van der Waals surface area contributed by atoms with Crippen LogP contribution in [0.3, 0.4) is 0 Å². The number of nitrogens with zero attached hydrogens (tertiary/aromatic N) is 1. The van der Waals surface area contributed by atoms with E-state index in [2.05, 4.69) is 50.3 Å². The molecule has 14 heavy (non-hydrogen) atoms. The molecule has 0 bridgehead atoms. The zero-order valence-corrected chi connectivity index (χ0v) is 10.5. The summed E-state index contributed by atoms with van der Waals surface area (Å²) in [7, 11) is 0. The van der Waals surface area contributed by atoms with Gasteiger partial charge in [0.2, 0.25) is 0 Å². The van der Waals surface area contributed by atoms with Crippen LogP contribution in [0.4, 0.5) is 0 Å². The van der Waals surface area contributed by atoms with Gasteiger partial charge in [0.05, 0.1) is 16.2 Å². The first-order valence-electron chi connectivity index (χ1n) is 5.18. The van der Waals surface area contributed by atoms with Gasteiger partial charge in [-0.2, -0.15) is 0 Å². The lowest BCUT2D eigenvalue weighted by Crippen LogP contribution is -2.36. The molecule has 3 heteroatoms. The average Bonchev–Trinajstić information content (AvgIpc) is 2.51. The Morgan fingerprint density at radius 1 is 1.50 bits per heavy atom. The van der Waals surface area contributed by atoms with Gasteiger partial charge in [-0.15, -0.1) is 11.3 Å². The third-order valence-corrected chi connectivity index (χ3v) is 3.42. The van der Waals surface area contributed by atoms with Crippen LogP contribution in [0.5, 0.6) is 0 Å². The monoisotopic (exact) mass is 212 g/mol. The van der Waals surface area contributed by atoms with Crippen LogP contribution in [-0.4, -0.2) is 11.5 Å². The predicted octanol–water partition coefficient (Wildman–Crippen LogP) is 3.11. The molecular formula is C11H20N2S. The minimum absolute atomic E-state index is 0.00160. The van der Waals surface area contributed by atoms with Gasteiger partial charge >= 0.3 is 0 Å². The summed E-state index contributed by atoms with van der Waals surface area (Å²) in [6, 6.07) is 0. The molecule has 0 saturated heterocycles. The van der Waals surface area contributed by atoms with Crippen molar-refractivity contribution in [3.05, 3.63) is 16.1 Å². The first kappa shape index (κ1) is 11.7. The van der Waals surface area contributed by atoms with E-state index in [1.165, 1.54) is 5.01 Å². The lowest BCUT2D eigenvalue weighted by molar-refractivity contribution is 0.405. The van der Waals surface area contributed by atoms with Gasteiger partial charge in [0.25, 0.3) is 0 Å². The van der Waals surface area contributed by atoms with Crippen molar-refractivity contribution in [2.45, 2.75) is 46.1 Å². The fourth-order valence-corrected chi connectivity index (χ4v) is 2.38. The molecule has 1 aromatic rings. The van der Waals surface area contributed by atoms with Crippen LogP contribution >= 0.6 is 11.3 Å². The van der Waals surface area contributed by atoms with Crippen molar-refractivity contribution in [3.8, 4) is 0 Å². The molecule has 1 heterocycles. The highest BCUT2D eigenvalue weighted by molar-refractivity contribution is 7.09. The average molecular weight is 212 g/mol. The molecule has 1 aromatic heterocycles. The number of aromatic nitrogens is 1. The minimum atomic E-state index is -0.00160. The summed E-state index contributed by atoms with van der Waals surface area (Å²) in [6.07, 6.45) is 0. The number of rotatable bonds is 4. The molecule has 0 saturated carbocycles. The zero-order valence-electron chi connectivity index (χ0n) is 9.72. The molecule has 2 nitrogen and oxygen atoms in total. The SMILES string of the molecule is CCNC(C)(C)c1csc(C(C)C)n1. The Labute approximate surface area is 90.8 Å². The molecule has 0 radical (unpaired) electrons. The van der Waals surface area contributed by atoms with Gasteiger partial charge in [0.15, 0.2) is 0 Å². The van der Waals surface area contributed by atoms with E-state index in [0.717, 1.165) is 12.2 Å². The van der Waals surface area contributed by atoms with Crippen molar-refractivity contribution in [3.63, 3.8) is 0 Å². The van der Waals surface area contributed by atoms with Gasteiger partial charge in [-0.3, -0.25) is 0 Å². The van der Waals surface area contributed by atoms with Gasteiger partial charge in [-0.05, 0) is 20.4 Å². The van der Waals surface area contributed by atoms with E-state index >= 15 is 0 Å². The maximum atomic E-state index is 4.66. The molecule has 1 rings (SSSR count). The Morgan fingerprint density at radius 3 is 2.57 bits per heavy atom. The molecule has 0 aliphatic carbocycles. The third-order valence-electron chi connectivity index (χ3n) is 2.27. The highest BCUT2D eigenvalue weighted by Crippen LogP contribution is 2.25. The van der Waals surface area contributed by atoms with E-state index in [9.17, 15) is 0 Å². The molecule has 0 spiro atoms. The predicted molar refractivity (Wildman–Crippen MR) is 62.9 cm³/mol. The van der Waals surface area contributed by atoms with Crippen molar-refractivity contribution >= 4 is 11.3 Å². The molecule has 0 aliphatic rings.